The lowest BCUT2D eigenvalue weighted by atomic mass is 9.88. The summed E-state index contributed by atoms with van der Waals surface area (Å²) in [7, 11) is 0. The summed E-state index contributed by atoms with van der Waals surface area (Å²) in [6.07, 6.45) is -0.501. The molecule has 1 aromatic carbocycles. The van der Waals surface area contributed by atoms with E-state index >= 15 is 0 Å². The predicted molar refractivity (Wildman–Crippen MR) is 68.3 cm³/mol. The smallest absolute Gasteiger partial charge is 0.269 e. The van der Waals surface area contributed by atoms with Crippen LogP contribution in [0.4, 0.5) is 5.69 Å². The third-order valence-electron chi connectivity index (χ3n) is 3.23. The van der Waals surface area contributed by atoms with Crippen molar-refractivity contribution in [3.05, 3.63) is 33.9 Å². The van der Waals surface area contributed by atoms with Gasteiger partial charge in [-0.1, -0.05) is 0 Å². The Morgan fingerprint density at radius 2 is 2.26 bits per heavy atom. The van der Waals surface area contributed by atoms with E-state index in [2.05, 4.69) is 0 Å². The topological polar surface area (TPSA) is 81.8 Å². The van der Waals surface area contributed by atoms with E-state index in [-0.39, 0.29) is 17.9 Å². The molecule has 1 aromatic rings. The molecule has 0 bridgehead atoms. The molecule has 3 unspecified atom stereocenters. The number of aliphatic hydroxyl groups is 1. The van der Waals surface area contributed by atoms with Gasteiger partial charge in [-0.05, 0) is 25.5 Å². The molecule has 2 rings (SSSR count). The second kappa shape index (κ2) is 5.54. The molecule has 0 aliphatic heterocycles. The zero-order valence-corrected chi connectivity index (χ0v) is 10.9. The highest BCUT2D eigenvalue weighted by Crippen LogP contribution is 2.31. The standard InChI is InChI=1S/C13H17NO5/c1-3-18-13-10(15)7-12(13)19-11-5-4-9(14(16)17)6-8(11)2/h4-6,10,12-13,15H,3,7H2,1-2H3. The fourth-order valence-electron chi connectivity index (χ4n) is 2.13. The van der Waals surface area contributed by atoms with Gasteiger partial charge in [0.05, 0.1) is 11.0 Å². The third-order valence-corrected chi connectivity index (χ3v) is 3.23. The minimum atomic E-state index is -0.497. The summed E-state index contributed by atoms with van der Waals surface area (Å²) in [5, 5.41) is 20.2. The van der Waals surface area contributed by atoms with E-state index in [4.69, 9.17) is 9.47 Å². The van der Waals surface area contributed by atoms with Crippen LogP contribution < -0.4 is 4.74 Å². The molecule has 1 aliphatic carbocycles. The quantitative estimate of drug-likeness (QED) is 0.650. The third kappa shape index (κ3) is 2.85. The van der Waals surface area contributed by atoms with Crippen molar-refractivity contribution in [1.29, 1.82) is 0 Å². The summed E-state index contributed by atoms with van der Waals surface area (Å²) >= 11 is 0. The Balaban J connectivity index is 2.05. The van der Waals surface area contributed by atoms with Gasteiger partial charge in [-0.2, -0.15) is 0 Å². The van der Waals surface area contributed by atoms with Crippen LogP contribution in [-0.2, 0) is 4.74 Å². The Morgan fingerprint density at radius 1 is 1.53 bits per heavy atom. The number of ether oxygens (including phenoxy) is 2. The summed E-state index contributed by atoms with van der Waals surface area (Å²) in [5.41, 5.74) is 0.741. The van der Waals surface area contributed by atoms with Gasteiger partial charge in [-0.3, -0.25) is 10.1 Å². The van der Waals surface area contributed by atoms with Gasteiger partial charge in [0.2, 0.25) is 0 Å². The Bertz CT molecular complexity index is 476. The number of nitrogens with zero attached hydrogens (tertiary/aromatic N) is 1. The first kappa shape index (κ1) is 13.8. The number of hydrogen-bond donors (Lipinski definition) is 1. The van der Waals surface area contributed by atoms with Crippen LogP contribution in [0.3, 0.4) is 0 Å². The van der Waals surface area contributed by atoms with Gasteiger partial charge < -0.3 is 14.6 Å². The van der Waals surface area contributed by atoms with Gasteiger partial charge in [0.25, 0.3) is 5.69 Å². The zero-order valence-electron chi connectivity index (χ0n) is 10.9. The number of nitro benzene ring substituents is 1. The van der Waals surface area contributed by atoms with Crippen LogP contribution in [-0.4, -0.2) is 34.9 Å². The molecule has 0 saturated heterocycles. The lowest BCUT2D eigenvalue weighted by Gasteiger charge is -2.40. The monoisotopic (exact) mass is 267 g/mol. The Hall–Kier alpha value is -1.66. The van der Waals surface area contributed by atoms with Crippen molar-refractivity contribution in [2.75, 3.05) is 6.61 Å². The lowest BCUT2D eigenvalue weighted by molar-refractivity contribution is -0.384. The van der Waals surface area contributed by atoms with E-state index in [1.165, 1.54) is 12.1 Å². The number of benzene rings is 1. The van der Waals surface area contributed by atoms with Crippen LogP contribution in [0.15, 0.2) is 18.2 Å². The summed E-state index contributed by atoms with van der Waals surface area (Å²) in [5.74, 6) is 0.590. The van der Waals surface area contributed by atoms with Gasteiger partial charge in [-0.25, -0.2) is 0 Å². The molecule has 0 amide bonds. The number of non-ortho nitro benzene ring substituents is 1. The van der Waals surface area contributed by atoms with Crippen molar-refractivity contribution in [2.45, 2.75) is 38.6 Å². The maximum Gasteiger partial charge on any atom is 0.269 e. The summed E-state index contributed by atoms with van der Waals surface area (Å²) in [6.45, 7) is 4.13. The van der Waals surface area contributed by atoms with Crippen LogP contribution in [0.25, 0.3) is 0 Å². The van der Waals surface area contributed by atoms with E-state index in [1.54, 1.807) is 13.0 Å². The van der Waals surface area contributed by atoms with Crippen molar-refractivity contribution in [3.8, 4) is 5.75 Å². The summed E-state index contributed by atoms with van der Waals surface area (Å²) < 4.78 is 11.1. The van der Waals surface area contributed by atoms with Crippen molar-refractivity contribution in [1.82, 2.24) is 0 Å². The second-order valence-corrected chi connectivity index (χ2v) is 4.59. The molecule has 0 radical (unpaired) electrons. The number of aryl methyl sites for hydroxylation is 1. The van der Waals surface area contributed by atoms with E-state index in [1.807, 2.05) is 6.92 Å². The average Bonchev–Trinajstić information content (AvgIpc) is 2.37. The van der Waals surface area contributed by atoms with Gasteiger partial charge in [0.15, 0.2) is 0 Å². The molecule has 104 valence electrons. The molecule has 6 nitrogen and oxygen atoms in total. The normalized spacial score (nSPS) is 25.7. The van der Waals surface area contributed by atoms with E-state index in [0.29, 0.717) is 24.3 Å². The van der Waals surface area contributed by atoms with Crippen LogP contribution in [0.5, 0.6) is 5.75 Å². The summed E-state index contributed by atoms with van der Waals surface area (Å²) in [6, 6.07) is 4.47. The van der Waals surface area contributed by atoms with E-state index in [0.717, 1.165) is 0 Å². The molecule has 1 saturated carbocycles. The van der Waals surface area contributed by atoms with E-state index in [9.17, 15) is 15.2 Å². The Morgan fingerprint density at radius 3 is 2.79 bits per heavy atom. The van der Waals surface area contributed by atoms with Crippen molar-refractivity contribution < 1.29 is 19.5 Å². The fourth-order valence-corrected chi connectivity index (χ4v) is 2.13. The highest BCUT2D eigenvalue weighted by atomic mass is 16.6. The highest BCUT2D eigenvalue weighted by Gasteiger charge is 2.42. The number of nitro groups is 1. The first-order valence-electron chi connectivity index (χ1n) is 6.24. The molecule has 0 spiro atoms. The van der Waals surface area contributed by atoms with Crippen molar-refractivity contribution in [2.24, 2.45) is 0 Å². The number of hydrogen-bond acceptors (Lipinski definition) is 5. The average molecular weight is 267 g/mol. The number of aliphatic hydroxyl groups excluding tert-OH is 1. The molecule has 1 fully saturated rings. The lowest BCUT2D eigenvalue weighted by Crippen LogP contribution is -2.55. The van der Waals surface area contributed by atoms with Crippen molar-refractivity contribution >= 4 is 5.69 Å². The first-order valence-corrected chi connectivity index (χ1v) is 6.24. The Labute approximate surface area is 111 Å². The second-order valence-electron chi connectivity index (χ2n) is 4.59. The van der Waals surface area contributed by atoms with Crippen LogP contribution in [0.2, 0.25) is 0 Å². The molecular weight excluding hydrogens is 250 g/mol. The molecule has 19 heavy (non-hydrogen) atoms. The molecule has 1 N–H and O–H groups in total. The molecule has 0 heterocycles. The van der Waals surface area contributed by atoms with Crippen LogP contribution >= 0.6 is 0 Å². The van der Waals surface area contributed by atoms with Crippen LogP contribution in [0, 0.1) is 17.0 Å². The van der Waals surface area contributed by atoms with Gasteiger partial charge in [0.1, 0.15) is 18.0 Å². The van der Waals surface area contributed by atoms with Gasteiger partial charge in [-0.15, -0.1) is 0 Å². The maximum absolute atomic E-state index is 10.6. The molecule has 1 aliphatic rings. The maximum atomic E-state index is 10.6. The zero-order chi connectivity index (χ0) is 14.0. The minimum Gasteiger partial charge on any atom is -0.487 e. The SMILES string of the molecule is CCOC1C(O)CC1Oc1ccc([N+](=O)[O-])cc1C. The largest absolute Gasteiger partial charge is 0.487 e. The highest BCUT2D eigenvalue weighted by molar-refractivity contribution is 5.43. The van der Waals surface area contributed by atoms with Crippen LogP contribution in [0.1, 0.15) is 18.9 Å². The molecule has 6 heteroatoms. The molecular formula is C13H17NO5. The van der Waals surface area contributed by atoms with Gasteiger partial charge >= 0.3 is 0 Å². The molecule has 0 aromatic heterocycles. The fraction of sp³-hybridized carbons (Fsp3) is 0.538. The Kier molecular flexibility index (Phi) is 4.01. The predicted octanol–water partition coefficient (Wildman–Crippen LogP) is 1.82. The molecule has 3 atom stereocenters. The minimum absolute atomic E-state index is 0.0415. The van der Waals surface area contributed by atoms with Gasteiger partial charge in [0, 0.05) is 25.2 Å². The van der Waals surface area contributed by atoms with E-state index < -0.39 is 11.0 Å². The summed E-state index contributed by atoms with van der Waals surface area (Å²) in [4.78, 5) is 10.2. The first-order chi connectivity index (χ1) is 9.02. The van der Waals surface area contributed by atoms with Crippen molar-refractivity contribution in [3.63, 3.8) is 0 Å². The number of rotatable bonds is 5.